The first kappa shape index (κ1) is 51.0. The molecule has 0 spiro atoms. The van der Waals surface area contributed by atoms with Crippen LogP contribution in [-0.2, 0) is 27.1 Å². The molecule has 0 amide bonds. The molecule has 0 radical (unpaired) electrons. The van der Waals surface area contributed by atoms with E-state index in [1.54, 1.807) is 0 Å². The molecular weight excluding hydrogens is 831 g/mol. The van der Waals surface area contributed by atoms with Crippen molar-refractivity contribution in [3.63, 3.8) is 0 Å². The van der Waals surface area contributed by atoms with Crippen molar-refractivity contribution in [2.45, 2.75) is 274 Å². The van der Waals surface area contributed by atoms with Crippen molar-refractivity contribution in [3.05, 3.63) is 0 Å². The number of rotatable bonds is 13. The van der Waals surface area contributed by atoms with Crippen LogP contribution in [0, 0.1) is 80.8 Å². The third-order valence-electron chi connectivity index (χ3n) is 21.7. The summed E-state index contributed by atoms with van der Waals surface area (Å²) in [5, 5.41) is 0. The smallest absolute Gasteiger partial charge is 0.309 e. The molecule has 16 unspecified atom stereocenters. The SMILES string of the molecule is CCC(C)(C)C1CC(C2CC(C(C)(C)CC)CC(C(C)(C)CC)C2OP2OC3CCCCC3C3CCCCC3O2)C(OP2OC3CCCCC3C3CCCCC3O2)C(C(C)(C)CC)C1. The Morgan fingerprint density at radius 3 is 0.891 bits per heavy atom. The molecule has 64 heavy (non-hydrogen) atoms. The Balaban J connectivity index is 1.23. The highest BCUT2D eigenvalue weighted by Crippen LogP contribution is 2.65. The molecular formula is C56H100O6P2. The fraction of sp³-hybridized carbons (Fsp3) is 1.00. The van der Waals surface area contributed by atoms with Crippen molar-refractivity contribution in [1.29, 1.82) is 0 Å². The fourth-order valence-corrected chi connectivity index (χ4v) is 18.6. The summed E-state index contributed by atoms with van der Waals surface area (Å²) in [7, 11) is -2.98. The van der Waals surface area contributed by atoms with Gasteiger partial charge in [0.05, 0.1) is 36.6 Å². The van der Waals surface area contributed by atoms with E-state index in [9.17, 15) is 0 Å². The summed E-state index contributed by atoms with van der Waals surface area (Å²) in [4.78, 5) is 0. The minimum Gasteiger partial charge on any atom is -0.309 e. The number of fused-ring (bicyclic) bond motifs is 6. The van der Waals surface area contributed by atoms with Crippen LogP contribution in [-0.4, -0.2) is 36.6 Å². The van der Waals surface area contributed by atoms with Crippen molar-refractivity contribution in [3.8, 4) is 0 Å². The molecule has 2 aliphatic heterocycles. The summed E-state index contributed by atoms with van der Waals surface area (Å²) in [6, 6.07) is 0. The molecule has 0 aromatic rings. The molecule has 6 aliphatic carbocycles. The van der Waals surface area contributed by atoms with Gasteiger partial charge in [-0.3, -0.25) is 0 Å². The van der Waals surface area contributed by atoms with Crippen molar-refractivity contribution in [1.82, 2.24) is 0 Å². The average Bonchev–Trinajstić information content (AvgIpc) is 3.56. The molecule has 0 bridgehead atoms. The van der Waals surface area contributed by atoms with E-state index in [0.717, 1.165) is 38.5 Å². The highest BCUT2D eigenvalue weighted by Gasteiger charge is 2.59. The molecule has 0 N–H and O–H groups in total. The van der Waals surface area contributed by atoms with Crippen molar-refractivity contribution in [2.75, 3.05) is 0 Å². The summed E-state index contributed by atoms with van der Waals surface area (Å²) in [5.41, 5.74) is 0.670. The van der Waals surface area contributed by atoms with Gasteiger partial charge in [0.15, 0.2) is 0 Å². The molecule has 8 aliphatic rings. The Morgan fingerprint density at radius 1 is 0.359 bits per heavy atom. The Bertz CT molecular complexity index is 1330. The summed E-state index contributed by atoms with van der Waals surface area (Å²) in [6.45, 7) is 30.4. The van der Waals surface area contributed by atoms with Crippen LogP contribution < -0.4 is 0 Å². The van der Waals surface area contributed by atoms with Crippen molar-refractivity contribution < 1.29 is 27.1 Å². The molecule has 2 heterocycles. The maximum absolute atomic E-state index is 7.97. The van der Waals surface area contributed by atoms with Gasteiger partial charge in [-0.15, -0.1) is 0 Å². The third kappa shape index (κ3) is 10.8. The zero-order chi connectivity index (χ0) is 45.6. The molecule has 6 saturated carbocycles. The predicted molar refractivity (Wildman–Crippen MR) is 267 cm³/mol. The Morgan fingerprint density at radius 2 is 0.625 bits per heavy atom. The van der Waals surface area contributed by atoms with E-state index in [2.05, 4.69) is 83.1 Å². The summed E-state index contributed by atoms with van der Waals surface area (Å²) < 4.78 is 45.4. The van der Waals surface area contributed by atoms with Gasteiger partial charge in [-0.25, -0.2) is 0 Å². The minimum absolute atomic E-state index is 0.0475. The van der Waals surface area contributed by atoms with Crippen molar-refractivity contribution in [2.24, 2.45) is 80.8 Å². The monoisotopic (exact) mass is 931 g/mol. The first-order chi connectivity index (χ1) is 30.5. The first-order valence-corrected chi connectivity index (χ1v) is 30.3. The van der Waals surface area contributed by atoms with Gasteiger partial charge in [0.2, 0.25) is 0 Å². The van der Waals surface area contributed by atoms with Crippen LogP contribution in [0.5, 0.6) is 0 Å². The molecule has 8 heteroatoms. The van der Waals surface area contributed by atoms with E-state index in [1.165, 1.54) is 116 Å². The largest absolute Gasteiger partial charge is 0.333 e. The van der Waals surface area contributed by atoms with E-state index in [0.29, 0.717) is 59.2 Å². The maximum Gasteiger partial charge on any atom is 0.333 e. The topological polar surface area (TPSA) is 55.4 Å². The molecule has 0 aromatic carbocycles. The normalized spacial score (nSPS) is 44.1. The van der Waals surface area contributed by atoms with Crippen LogP contribution in [0.1, 0.15) is 237 Å². The van der Waals surface area contributed by atoms with E-state index >= 15 is 0 Å². The average molecular weight is 931 g/mol. The third-order valence-corrected chi connectivity index (χ3v) is 24.3. The lowest BCUT2D eigenvalue weighted by atomic mass is 9.50. The lowest BCUT2D eigenvalue weighted by molar-refractivity contribution is -0.144. The molecule has 8 rings (SSSR count). The zero-order valence-electron chi connectivity index (χ0n) is 43.6. The Hall–Kier alpha value is 0.620. The quantitative estimate of drug-likeness (QED) is 0.172. The predicted octanol–water partition coefficient (Wildman–Crippen LogP) is 17.6. The van der Waals surface area contributed by atoms with Gasteiger partial charge in [-0.2, -0.15) is 0 Å². The second-order valence-corrected chi connectivity index (χ2v) is 28.4. The van der Waals surface area contributed by atoms with E-state index in [1.807, 2.05) is 0 Å². The second kappa shape index (κ2) is 21.1. The van der Waals surface area contributed by atoms with Gasteiger partial charge in [0.25, 0.3) is 0 Å². The molecule has 6 nitrogen and oxygen atoms in total. The van der Waals surface area contributed by atoms with Crippen LogP contribution >= 0.6 is 17.2 Å². The van der Waals surface area contributed by atoms with E-state index in [-0.39, 0.29) is 58.3 Å². The van der Waals surface area contributed by atoms with Crippen LogP contribution in [0.3, 0.4) is 0 Å². The van der Waals surface area contributed by atoms with E-state index < -0.39 is 17.2 Å². The van der Waals surface area contributed by atoms with Gasteiger partial charge < -0.3 is 27.1 Å². The van der Waals surface area contributed by atoms with Crippen molar-refractivity contribution >= 4 is 17.2 Å². The Kier molecular flexibility index (Phi) is 16.8. The standard InChI is InChI=1S/C56H100O6P2/c1-13-53(5,6)37-33-43(51(45(35-37)55(9,10)15-3)61-63-57-47-29-21-17-25-39(47)40-26-18-22-30-48(40)58-63)44-34-38(54(7,8)14-2)36-46(56(11,12)16-4)52(44)62-64-59-49-31-23-19-27-41(49)42-28-20-24-32-50(42)60-64/h37-52H,13-36H2,1-12H3. The molecule has 8 fully saturated rings. The van der Waals surface area contributed by atoms with Crippen LogP contribution in [0.25, 0.3) is 0 Å². The molecule has 370 valence electrons. The lowest BCUT2D eigenvalue weighted by Crippen LogP contribution is -2.56. The maximum atomic E-state index is 7.97. The lowest BCUT2D eigenvalue weighted by Gasteiger charge is -2.58. The van der Waals surface area contributed by atoms with Gasteiger partial charge in [0.1, 0.15) is 0 Å². The van der Waals surface area contributed by atoms with E-state index in [4.69, 9.17) is 27.1 Å². The van der Waals surface area contributed by atoms with Gasteiger partial charge in [-0.1, -0.05) is 160 Å². The Labute approximate surface area is 397 Å². The summed E-state index contributed by atoms with van der Waals surface area (Å²) in [5.74, 6) is 5.13. The van der Waals surface area contributed by atoms with Gasteiger partial charge in [0, 0.05) is 0 Å². The number of hydrogen-bond donors (Lipinski definition) is 0. The zero-order valence-corrected chi connectivity index (χ0v) is 45.3. The number of hydrogen-bond acceptors (Lipinski definition) is 6. The first-order valence-electron chi connectivity index (χ1n) is 28.1. The highest BCUT2D eigenvalue weighted by atomic mass is 31.2. The second-order valence-electron chi connectivity index (χ2n) is 26.2. The summed E-state index contributed by atoms with van der Waals surface area (Å²) >= 11 is 0. The molecule has 0 aromatic heterocycles. The van der Waals surface area contributed by atoms with Crippen LogP contribution in [0.4, 0.5) is 0 Å². The molecule has 2 saturated heterocycles. The summed E-state index contributed by atoms with van der Waals surface area (Å²) in [6.07, 6.45) is 30.9. The highest BCUT2D eigenvalue weighted by molar-refractivity contribution is 7.42. The molecule has 16 atom stereocenters. The van der Waals surface area contributed by atoms with Crippen LogP contribution in [0.2, 0.25) is 0 Å². The van der Waals surface area contributed by atoms with Gasteiger partial charge >= 0.3 is 17.2 Å². The minimum atomic E-state index is -1.49. The van der Waals surface area contributed by atoms with Gasteiger partial charge in [-0.05, 0) is 158 Å². The van der Waals surface area contributed by atoms with Crippen LogP contribution in [0.15, 0.2) is 0 Å². The fourth-order valence-electron chi connectivity index (χ4n) is 15.4.